The van der Waals surface area contributed by atoms with Crippen LogP contribution in [0.5, 0.6) is 11.5 Å². The number of hydrogen-bond acceptors (Lipinski definition) is 3. The number of phenols is 1. The van der Waals surface area contributed by atoms with Crippen molar-refractivity contribution in [2.75, 3.05) is 7.11 Å². The van der Waals surface area contributed by atoms with Crippen LogP contribution in [-0.4, -0.2) is 22.2 Å². The van der Waals surface area contributed by atoms with E-state index in [0.717, 1.165) is 0 Å². The Kier molecular flexibility index (Phi) is 3.31. The Bertz CT molecular complexity index is 783. The van der Waals surface area contributed by atoms with Crippen LogP contribution in [0, 0.1) is 5.82 Å². The molecule has 21 heavy (non-hydrogen) atoms. The van der Waals surface area contributed by atoms with Gasteiger partial charge in [-0.15, -0.1) is 0 Å². The molecule has 0 bridgehead atoms. The topological polar surface area (TPSA) is 58.1 Å². The van der Waals surface area contributed by atoms with Crippen molar-refractivity contribution in [2.45, 2.75) is 0 Å². The molecule has 3 rings (SSSR count). The first-order valence-corrected chi connectivity index (χ1v) is 6.36. The van der Waals surface area contributed by atoms with E-state index >= 15 is 0 Å². The second-order valence-corrected chi connectivity index (χ2v) is 4.49. The molecule has 2 aromatic carbocycles. The summed E-state index contributed by atoms with van der Waals surface area (Å²) < 4.78 is 18.9. The maximum Gasteiger partial charge on any atom is 0.160 e. The molecule has 0 spiro atoms. The summed E-state index contributed by atoms with van der Waals surface area (Å²) in [6.45, 7) is 0. The maximum atomic E-state index is 13.9. The Hall–Kier alpha value is -2.82. The van der Waals surface area contributed by atoms with Crippen LogP contribution in [0.15, 0.2) is 48.8 Å². The lowest BCUT2D eigenvalue weighted by atomic mass is 10.0. The number of ether oxygens (including phenoxy) is 1. The molecule has 0 aliphatic carbocycles. The first-order chi connectivity index (χ1) is 10.2. The normalized spacial score (nSPS) is 10.6. The lowest BCUT2D eigenvalue weighted by Gasteiger charge is -2.07. The van der Waals surface area contributed by atoms with Gasteiger partial charge in [0.15, 0.2) is 11.5 Å². The first kappa shape index (κ1) is 13.2. The molecule has 1 heterocycles. The van der Waals surface area contributed by atoms with Crippen LogP contribution in [0.2, 0.25) is 0 Å². The van der Waals surface area contributed by atoms with Crippen molar-refractivity contribution >= 4 is 0 Å². The maximum absolute atomic E-state index is 13.9. The fraction of sp³-hybridized carbons (Fsp3) is 0.0625. The largest absolute Gasteiger partial charge is 0.504 e. The number of benzene rings is 2. The molecule has 3 aromatic rings. The number of aromatic nitrogens is 2. The number of hydrogen-bond donors (Lipinski definition) is 2. The number of imidazole rings is 1. The Balaban J connectivity index is 2.11. The van der Waals surface area contributed by atoms with E-state index in [9.17, 15) is 9.50 Å². The fourth-order valence-electron chi connectivity index (χ4n) is 2.22. The van der Waals surface area contributed by atoms with Crippen LogP contribution in [0.25, 0.3) is 22.5 Å². The summed E-state index contributed by atoms with van der Waals surface area (Å²) >= 11 is 0. The number of phenolic OH excluding ortho intramolecular Hbond substituents is 1. The van der Waals surface area contributed by atoms with Gasteiger partial charge in [0, 0.05) is 11.1 Å². The lowest BCUT2D eigenvalue weighted by molar-refractivity contribution is 0.373. The summed E-state index contributed by atoms with van der Waals surface area (Å²) in [7, 11) is 1.48. The van der Waals surface area contributed by atoms with E-state index in [1.807, 2.05) is 0 Å². The molecule has 0 saturated heterocycles. The van der Waals surface area contributed by atoms with Gasteiger partial charge in [-0.2, -0.15) is 0 Å². The van der Waals surface area contributed by atoms with Crippen molar-refractivity contribution in [3.8, 4) is 34.0 Å². The van der Waals surface area contributed by atoms with Gasteiger partial charge in [0.2, 0.25) is 0 Å². The van der Waals surface area contributed by atoms with E-state index < -0.39 is 0 Å². The first-order valence-electron chi connectivity index (χ1n) is 6.36. The Morgan fingerprint density at radius 1 is 1.19 bits per heavy atom. The van der Waals surface area contributed by atoms with Gasteiger partial charge >= 0.3 is 0 Å². The highest BCUT2D eigenvalue weighted by atomic mass is 19.1. The second kappa shape index (κ2) is 5.28. The summed E-state index contributed by atoms with van der Waals surface area (Å²) in [5, 5.41) is 9.87. The third-order valence-electron chi connectivity index (χ3n) is 3.23. The SMILES string of the molecule is COc1ccc(-c2nc[nH]c2-c2ccccc2F)cc1O. The number of nitrogens with one attached hydrogen (secondary N) is 1. The van der Waals surface area contributed by atoms with Gasteiger partial charge in [-0.3, -0.25) is 0 Å². The van der Waals surface area contributed by atoms with E-state index in [2.05, 4.69) is 9.97 Å². The summed E-state index contributed by atoms with van der Waals surface area (Å²) in [4.78, 5) is 7.17. The molecule has 0 fully saturated rings. The third-order valence-corrected chi connectivity index (χ3v) is 3.23. The van der Waals surface area contributed by atoms with E-state index in [-0.39, 0.29) is 11.6 Å². The van der Waals surface area contributed by atoms with Crippen molar-refractivity contribution in [3.05, 3.63) is 54.6 Å². The Morgan fingerprint density at radius 2 is 2.00 bits per heavy atom. The number of methoxy groups -OCH3 is 1. The minimum absolute atomic E-state index is 0.0116. The van der Waals surface area contributed by atoms with E-state index in [0.29, 0.717) is 28.3 Å². The predicted molar refractivity (Wildman–Crippen MR) is 77.6 cm³/mol. The van der Waals surface area contributed by atoms with Crippen LogP contribution in [0.3, 0.4) is 0 Å². The van der Waals surface area contributed by atoms with Crippen molar-refractivity contribution < 1.29 is 14.2 Å². The van der Waals surface area contributed by atoms with Crippen LogP contribution in [0.1, 0.15) is 0 Å². The van der Waals surface area contributed by atoms with E-state index in [4.69, 9.17) is 4.74 Å². The molecule has 0 atom stereocenters. The number of aromatic hydroxyl groups is 1. The highest BCUT2D eigenvalue weighted by molar-refractivity contribution is 5.79. The molecule has 5 heteroatoms. The minimum Gasteiger partial charge on any atom is -0.504 e. The highest BCUT2D eigenvalue weighted by Gasteiger charge is 2.15. The van der Waals surface area contributed by atoms with Gasteiger partial charge in [0.25, 0.3) is 0 Å². The number of nitrogens with zero attached hydrogens (tertiary/aromatic N) is 1. The number of halogens is 1. The lowest BCUT2D eigenvalue weighted by Crippen LogP contribution is -1.89. The standard InChI is InChI=1S/C16H13FN2O2/c1-21-14-7-6-10(8-13(14)20)15-16(19-9-18-15)11-4-2-3-5-12(11)17/h2-9,20H,1H3,(H,18,19). The number of H-pyrrole nitrogens is 1. The van der Waals surface area contributed by atoms with Crippen molar-refractivity contribution in [1.29, 1.82) is 0 Å². The van der Waals surface area contributed by atoms with Crippen LogP contribution in [0.4, 0.5) is 4.39 Å². The zero-order chi connectivity index (χ0) is 14.8. The van der Waals surface area contributed by atoms with Gasteiger partial charge < -0.3 is 14.8 Å². The van der Waals surface area contributed by atoms with Crippen molar-refractivity contribution in [1.82, 2.24) is 9.97 Å². The summed E-state index contributed by atoms with van der Waals surface area (Å²) in [6.07, 6.45) is 1.50. The van der Waals surface area contributed by atoms with E-state index in [1.165, 1.54) is 19.5 Å². The van der Waals surface area contributed by atoms with E-state index in [1.54, 1.807) is 36.4 Å². The molecule has 4 nitrogen and oxygen atoms in total. The summed E-state index contributed by atoms with van der Waals surface area (Å²) in [6, 6.07) is 11.4. The molecule has 0 unspecified atom stereocenters. The van der Waals surface area contributed by atoms with Crippen LogP contribution in [-0.2, 0) is 0 Å². The Morgan fingerprint density at radius 3 is 2.71 bits per heavy atom. The molecule has 106 valence electrons. The molecule has 0 aliphatic heterocycles. The minimum atomic E-state index is -0.333. The van der Waals surface area contributed by atoms with Crippen molar-refractivity contribution in [3.63, 3.8) is 0 Å². The predicted octanol–water partition coefficient (Wildman–Crippen LogP) is 3.60. The average molecular weight is 284 g/mol. The monoisotopic (exact) mass is 284 g/mol. The fourth-order valence-corrected chi connectivity index (χ4v) is 2.22. The number of aromatic amines is 1. The zero-order valence-electron chi connectivity index (χ0n) is 11.3. The third kappa shape index (κ3) is 2.33. The number of rotatable bonds is 3. The second-order valence-electron chi connectivity index (χ2n) is 4.49. The Labute approximate surface area is 120 Å². The van der Waals surface area contributed by atoms with Gasteiger partial charge in [0.1, 0.15) is 5.82 Å². The summed E-state index contributed by atoms with van der Waals surface area (Å²) in [5.74, 6) is 0.0555. The molecule has 2 N–H and O–H groups in total. The molecule has 0 aliphatic rings. The molecular weight excluding hydrogens is 271 g/mol. The molecular formula is C16H13FN2O2. The van der Waals surface area contributed by atoms with Gasteiger partial charge in [0.05, 0.1) is 24.8 Å². The van der Waals surface area contributed by atoms with Crippen molar-refractivity contribution in [2.24, 2.45) is 0 Å². The quantitative estimate of drug-likeness (QED) is 0.772. The molecule has 0 saturated carbocycles. The van der Waals surface area contributed by atoms with Gasteiger partial charge in [-0.25, -0.2) is 9.37 Å². The molecule has 1 aromatic heterocycles. The highest BCUT2D eigenvalue weighted by Crippen LogP contribution is 2.35. The molecule has 0 amide bonds. The molecule has 0 radical (unpaired) electrons. The zero-order valence-corrected chi connectivity index (χ0v) is 11.3. The van der Waals surface area contributed by atoms with Gasteiger partial charge in [-0.05, 0) is 30.3 Å². The van der Waals surface area contributed by atoms with Gasteiger partial charge in [-0.1, -0.05) is 12.1 Å². The van der Waals surface area contributed by atoms with Crippen LogP contribution >= 0.6 is 0 Å². The van der Waals surface area contributed by atoms with Crippen LogP contribution < -0.4 is 4.74 Å². The summed E-state index contributed by atoms with van der Waals surface area (Å²) in [5.41, 5.74) is 2.24. The smallest absolute Gasteiger partial charge is 0.160 e. The average Bonchev–Trinajstić information content (AvgIpc) is 2.97.